The van der Waals surface area contributed by atoms with Crippen molar-refractivity contribution in [3.05, 3.63) is 46.5 Å². The van der Waals surface area contributed by atoms with E-state index in [2.05, 4.69) is 22.1 Å². The molecule has 0 unspecified atom stereocenters. The molecule has 0 atom stereocenters. The van der Waals surface area contributed by atoms with Gasteiger partial charge in [-0.2, -0.15) is 0 Å². The number of rotatable bonds is 2. The Bertz CT molecular complexity index is 808. The predicted octanol–water partition coefficient (Wildman–Crippen LogP) is 3.59. The molecule has 0 bridgehead atoms. The molecule has 1 amide bonds. The number of carboxylic acids is 1. The van der Waals surface area contributed by atoms with Crippen LogP contribution in [0.3, 0.4) is 0 Å². The fourth-order valence-electron chi connectivity index (χ4n) is 1.61. The van der Waals surface area contributed by atoms with Crippen molar-refractivity contribution >= 4 is 28.5 Å². The number of carboxylic acid groups (broad SMARTS) is 1. The average Bonchev–Trinajstić information content (AvgIpc) is 2.91. The first-order valence-corrected chi connectivity index (χ1v) is 7.86. The number of hydrogen-bond donors (Lipinski definition) is 2. The molecule has 0 aliphatic rings. The van der Waals surface area contributed by atoms with Gasteiger partial charge < -0.3 is 9.84 Å². The van der Waals surface area contributed by atoms with E-state index >= 15 is 0 Å². The smallest absolute Gasteiger partial charge is 0.413 e. The maximum atomic E-state index is 11.7. The van der Waals surface area contributed by atoms with Crippen molar-refractivity contribution in [2.24, 2.45) is 0 Å². The van der Waals surface area contributed by atoms with Crippen LogP contribution in [0.4, 0.5) is 9.93 Å². The number of nitrogens with one attached hydrogen (secondary N) is 1. The van der Waals surface area contributed by atoms with Crippen LogP contribution in [0.2, 0.25) is 0 Å². The molecule has 2 N–H and O–H groups in total. The molecule has 0 radical (unpaired) electrons. The highest BCUT2D eigenvalue weighted by Gasteiger charge is 2.17. The summed E-state index contributed by atoms with van der Waals surface area (Å²) in [7, 11) is 0. The van der Waals surface area contributed by atoms with Crippen molar-refractivity contribution < 1.29 is 19.4 Å². The SMILES string of the molecule is CC(C)(C)OC(=O)Nc1ncc(C#Cc2ccc(C(=O)O)cc2)s1. The lowest BCUT2D eigenvalue weighted by atomic mass is 10.1. The minimum atomic E-state index is -0.977. The Morgan fingerprint density at radius 2 is 1.88 bits per heavy atom. The van der Waals surface area contributed by atoms with Crippen molar-refractivity contribution in [1.82, 2.24) is 4.98 Å². The second kappa shape index (κ2) is 7.15. The van der Waals surface area contributed by atoms with Gasteiger partial charge >= 0.3 is 12.1 Å². The number of anilines is 1. The fraction of sp³-hybridized carbons (Fsp3) is 0.235. The Kier molecular flexibility index (Phi) is 5.21. The highest BCUT2D eigenvalue weighted by atomic mass is 32.1. The minimum Gasteiger partial charge on any atom is -0.478 e. The Morgan fingerprint density at radius 3 is 2.46 bits per heavy atom. The van der Waals surface area contributed by atoms with Gasteiger partial charge in [0.05, 0.1) is 16.6 Å². The zero-order chi connectivity index (χ0) is 17.7. The van der Waals surface area contributed by atoms with Crippen LogP contribution in [0.1, 0.15) is 41.6 Å². The molecule has 6 nitrogen and oxygen atoms in total. The molecule has 0 spiro atoms. The number of carbonyl (C=O) groups is 2. The Morgan fingerprint density at radius 1 is 1.21 bits per heavy atom. The maximum Gasteiger partial charge on any atom is 0.413 e. The van der Waals surface area contributed by atoms with Crippen LogP contribution in [0.15, 0.2) is 30.5 Å². The fourth-order valence-corrected chi connectivity index (χ4v) is 2.27. The third kappa shape index (κ3) is 5.41. The van der Waals surface area contributed by atoms with Crippen molar-refractivity contribution in [3.63, 3.8) is 0 Å². The zero-order valence-corrected chi connectivity index (χ0v) is 14.2. The van der Waals surface area contributed by atoms with Gasteiger partial charge in [0.15, 0.2) is 5.13 Å². The van der Waals surface area contributed by atoms with Crippen LogP contribution in [-0.4, -0.2) is 27.8 Å². The predicted molar refractivity (Wildman–Crippen MR) is 91.4 cm³/mol. The number of carbonyl (C=O) groups excluding carboxylic acids is 1. The van der Waals surface area contributed by atoms with Gasteiger partial charge in [0.1, 0.15) is 5.60 Å². The monoisotopic (exact) mass is 344 g/mol. The average molecular weight is 344 g/mol. The largest absolute Gasteiger partial charge is 0.478 e. The number of ether oxygens (including phenoxy) is 1. The normalized spacial score (nSPS) is 10.5. The van der Waals surface area contributed by atoms with E-state index in [1.165, 1.54) is 23.5 Å². The second-order valence-corrected chi connectivity index (χ2v) is 6.82. The van der Waals surface area contributed by atoms with Gasteiger partial charge in [-0.25, -0.2) is 14.6 Å². The van der Waals surface area contributed by atoms with Crippen LogP contribution in [0.25, 0.3) is 0 Å². The standard InChI is InChI=1S/C17H16N2O4S/c1-17(2,3)23-16(22)19-15-18-10-13(24-15)9-6-11-4-7-12(8-5-11)14(20)21/h4-5,7-8,10H,1-3H3,(H,20,21)(H,18,19,22). The molecule has 7 heteroatoms. The molecule has 1 aromatic carbocycles. The highest BCUT2D eigenvalue weighted by Crippen LogP contribution is 2.18. The quantitative estimate of drug-likeness (QED) is 0.813. The molecule has 2 aromatic rings. The van der Waals surface area contributed by atoms with Crippen molar-refractivity contribution in [3.8, 4) is 11.8 Å². The Balaban J connectivity index is 2.01. The van der Waals surface area contributed by atoms with Crippen LogP contribution < -0.4 is 5.32 Å². The number of nitrogens with zero attached hydrogens (tertiary/aromatic N) is 1. The van der Waals surface area contributed by atoms with Gasteiger partial charge in [0.25, 0.3) is 0 Å². The molecule has 0 fully saturated rings. The van der Waals surface area contributed by atoms with Crippen LogP contribution in [0, 0.1) is 11.8 Å². The van der Waals surface area contributed by atoms with Crippen LogP contribution in [-0.2, 0) is 4.74 Å². The summed E-state index contributed by atoms with van der Waals surface area (Å²) >= 11 is 1.22. The van der Waals surface area contributed by atoms with E-state index in [1.54, 1.807) is 39.1 Å². The summed E-state index contributed by atoms with van der Waals surface area (Å²) in [4.78, 5) is 27.2. The Labute approximate surface area is 143 Å². The first-order valence-electron chi connectivity index (χ1n) is 7.04. The van der Waals surface area contributed by atoms with Crippen LogP contribution >= 0.6 is 11.3 Å². The van der Waals surface area contributed by atoms with Gasteiger partial charge in [0, 0.05) is 5.56 Å². The number of aromatic nitrogens is 1. The van der Waals surface area contributed by atoms with Gasteiger partial charge in [-0.1, -0.05) is 17.3 Å². The number of thiazole rings is 1. The molecule has 1 heterocycles. The first kappa shape index (κ1) is 17.5. The number of amides is 1. The van der Waals surface area contributed by atoms with Crippen molar-refractivity contribution in [2.75, 3.05) is 5.32 Å². The molecule has 0 aliphatic heterocycles. The zero-order valence-electron chi connectivity index (χ0n) is 13.4. The number of aromatic carboxylic acids is 1. The molecule has 0 saturated heterocycles. The molecule has 24 heavy (non-hydrogen) atoms. The summed E-state index contributed by atoms with van der Waals surface area (Å²) in [5.41, 5.74) is 0.323. The highest BCUT2D eigenvalue weighted by molar-refractivity contribution is 7.16. The molecule has 0 saturated carbocycles. The third-order valence-electron chi connectivity index (χ3n) is 2.58. The summed E-state index contributed by atoms with van der Waals surface area (Å²) in [5, 5.41) is 11.8. The number of benzene rings is 1. The lowest BCUT2D eigenvalue weighted by molar-refractivity contribution is 0.0634. The lowest BCUT2D eigenvalue weighted by Crippen LogP contribution is -2.27. The van der Waals surface area contributed by atoms with E-state index in [0.717, 1.165) is 0 Å². The Hall–Kier alpha value is -2.85. The van der Waals surface area contributed by atoms with E-state index in [9.17, 15) is 9.59 Å². The van der Waals surface area contributed by atoms with E-state index in [4.69, 9.17) is 9.84 Å². The van der Waals surface area contributed by atoms with E-state index in [1.807, 2.05) is 0 Å². The van der Waals surface area contributed by atoms with Gasteiger partial charge in [0.2, 0.25) is 0 Å². The molecular weight excluding hydrogens is 328 g/mol. The maximum absolute atomic E-state index is 11.7. The summed E-state index contributed by atoms with van der Waals surface area (Å²) in [5.74, 6) is 4.86. The van der Waals surface area contributed by atoms with E-state index < -0.39 is 17.7 Å². The lowest BCUT2D eigenvalue weighted by Gasteiger charge is -2.18. The van der Waals surface area contributed by atoms with E-state index in [0.29, 0.717) is 15.6 Å². The molecule has 124 valence electrons. The first-order chi connectivity index (χ1) is 11.2. The summed E-state index contributed by atoms with van der Waals surface area (Å²) in [6.45, 7) is 5.34. The van der Waals surface area contributed by atoms with Gasteiger partial charge in [-0.15, -0.1) is 0 Å². The molecule has 2 rings (SSSR count). The number of hydrogen-bond acceptors (Lipinski definition) is 5. The summed E-state index contributed by atoms with van der Waals surface area (Å²) in [6, 6.07) is 6.26. The van der Waals surface area contributed by atoms with Crippen LogP contribution in [0.5, 0.6) is 0 Å². The molecule has 1 aromatic heterocycles. The van der Waals surface area contributed by atoms with Gasteiger partial charge in [-0.3, -0.25) is 5.32 Å². The van der Waals surface area contributed by atoms with Gasteiger partial charge in [-0.05, 0) is 51.0 Å². The van der Waals surface area contributed by atoms with Crippen molar-refractivity contribution in [2.45, 2.75) is 26.4 Å². The minimum absolute atomic E-state index is 0.210. The second-order valence-electron chi connectivity index (χ2n) is 5.79. The molecular formula is C17H16N2O4S. The third-order valence-corrected chi connectivity index (χ3v) is 3.40. The molecule has 0 aliphatic carbocycles. The summed E-state index contributed by atoms with van der Waals surface area (Å²) < 4.78 is 5.14. The summed E-state index contributed by atoms with van der Waals surface area (Å²) in [6.07, 6.45) is 0.983. The van der Waals surface area contributed by atoms with Crippen molar-refractivity contribution in [1.29, 1.82) is 0 Å². The topological polar surface area (TPSA) is 88.5 Å². The van der Waals surface area contributed by atoms with E-state index in [-0.39, 0.29) is 5.56 Å².